The maximum atomic E-state index is 5.24. The standard InChI is InChI=1S/C44H29N5/c1-4-12-31(13-5-1)38-29-39(47-42(46-38)34-16-8-3-9-17-34)32-23-21-30(22-24-32)36-18-10-19-37(28-36)44-48-41(33-14-6-2-7-15-33)40-26-25-35-20-11-27-45-43(35)49(40)44/h1-29H. The molecule has 5 nitrogen and oxygen atoms in total. The van der Waals surface area contributed by atoms with Crippen molar-refractivity contribution >= 4 is 16.6 Å². The summed E-state index contributed by atoms with van der Waals surface area (Å²) in [4.78, 5) is 20.0. The van der Waals surface area contributed by atoms with Gasteiger partial charge >= 0.3 is 0 Å². The molecular formula is C44H29N5. The van der Waals surface area contributed by atoms with Crippen LogP contribution >= 0.6 is 0 Å². The molecule has 0 aliphatic heterocycles. The molecule has 9 rings (SSSR count). The van der Waals surface area contributed by atoms with E-state index in [0.717, 1.165) is 78.4 Å². The smallest absolute Gasteiger partial charge is 0.160 e. The van der Waals surface area contributed by atoms with Crippen molar-refractivity contribution in [1.29, 1.82) is 0 Å². The lowest BCUT2D eigenvalue weighted by molar-refractivity contribution is 1.17. The van der Waals surface area contributed by atoms with Crippen LogP contribution in [0.4, 0.5) is 0 Å². The van der Waals surface area contributed by atoms with Crippen LogP contribution in [0.25, 0.3) is 84.2 Å². The summed E-state index contributed by atoms with van der Waals surface area (Å²) in [7, 11) is 0. The summed E-state index contributed by atoms with van der Waals surface area (Å²) in [6, 6.07) is 58.4. The van der Waals surface area contributed by atoms with E-state index in [1.807, 2.05) is 54.7 Å². The van der Waals surface area contributed by atoms with Gasteiger partial charge in [-0.05, 0) is 47.5 Å². The van der Waals surface area contributed by atoms with Gasteiger partial charge in [0.1, 0.15) is 11.5 Å². The highest BCUT2D eigenvalue weighted by molar-refractivity contribution is 5.90. The molecule has 4 aromatic heterocycles. The van der Waals surface area contributed by atoms with Crippen molar-refractivity contribution in [3.8, 4) is 67.7 Å². The van der Waals surface area contributed by atoms with Gasteiger partial charge in [-0.2, -0.15) is 0 Å². The predicted octanol–water partition coefficient (Wildman–Crippen LogP) is 10.7. The number of hydrogen-bond acceptors (Lipinski definition) is 4. The van der Waals surface area contributed by atoms with Gasteiger partial charge in [-0.3, -0.25) is 4.40 Å². The third-order valence-electron chi connectivity index (χ3n) is 8.87. The molecule has 49 heavy (non-hydrogen) atoms. The van der Waals surface area contributed by atoms with E-state index in [0.29, 0.717) is 5.82 Å². The van der Waals surface area contributed by atoms with Crippen molar-refractivity contribution < 1.29 is 0 Å². The normalized spacial score (nSPS) is 11.3. The van der Waals surface area contributed by atoms with Gasteiger partial charge in [-0.1, -0.05) is 133 Å². The minimum absolute atomic E-state index is 0.706. The Kier molecular flexibility index (Phi) is 7.06. The Morgan fingerprint density at radius 3 is 1.69 bits per heavy atom. The Bertz CT molecular complexity index is 2520. The Morgan fingerprint density at radius 2 is 0.980 bits per heavy atom. The van der Waals surface area contributed by atoms with Crippen molar-refractivity contribution in [2.75, 3.05) is 0 Å². The minimum atomic E-state index is 0.706. The molecule has 0 spiro atoms. The number of fused-ring (bicyclic) bond motifs is 3. The number of pyridine rings is 2. The molecular weight excluding hydrogens is 599 g/mol. The molecule has 0 fully saturated rings. The van der Waals surface area contributed by atoms with E-state index in [1.165, 1.54) is 0 Å². The summed E-state index contributed by atoms with van der Waals surface area (Å²) in [6.45, 7) is 0. The van der Waals surface area contributed by atoms with E-state index in [9.17, 15) is 0 Å². The second kappa shape index (κ2) is 12.1. The fraction of sp³-hybridized carbons (Fsp3) is 0. The van der Waals surface area contributed by atoms with Gasteiger partial charge in [-0.25, -0.2) is 19.9 Å². The van der Waals surface area contributed by atoms with Crippen LogP contribution in [-0.2, 0) is 0 Å². The Balaban J connectivity index is 1.12. The lowest BCUT2D eigenvalue weighted by atomic mass is 10.00. The number of aromatic nitrogens is 5. The van der Waals surface area contributed by atoms with E-state index in [2.05, 4.69) is 126 Å². The van der Waals surface area contributed by atoms with E-state index in [4.69, 9.17) is 19.9 Å². The summed E-state index contributed by atoms with van der Waals surface area (Å²) in [5.74, 6) is 1.57. The van der Waals surface area contributed by atoms with Gasteiger partial charge in [0, 0.05) is 39.4 Å². The Morgan fingerprint density at radius 1 is 0.388 bits per heavy atom. The Hall–Kier alpha value is -6.72. The van der Waals surface area contributed by atoms with Gasteiger partial charge in [0.15, 0.2) is 5.82 Å². The van der Waals surface area contributed by atoms with E-state index >= 15 is 0 Å². The van der Waals surface area contributed by atoms with Crippen LogP contribution in [0.1, 0.15) is 0 Å². The number of rotatable bonds is 6. The van der Waals surface area contributed by atoms with Gasteiger partial charge in [0.05, 0.1) is 22.6 Å². The SMILES string of the molecule is c1ccc(-c2cc(-c3ccc(-c4cccc(-c5nc(-c6ccccc6)c6ccc7cccnc7n56)c4)cc3)nc(-c3ccccc3)n2)cc1. The first-order chi connectivity index (χ1) is 24.3. The monoisotopic (exact) mass is 627 g/mol. The Labute approximate surface area is 283 Å². The molecule has 230 valence electrons. The van der Waals surface area contributed by atoms with Crippen molar-refractivity contribution in [3.05, 3.63) is 176 Å². The maximum absolute atomic E-state index is 5.24. The van der Waals surface area contributed by atoms with Gasteiger partial charge in [-0.15, -0.1) is 0 Å². The third kappa shape index (κ3) is 5.33. The first-order valence-electron chi connectivity index (χ1n) is 16.3. The van der Waals surface area contributed by atoms with Crippen molar-refractivity contribution in [2.24, 2.45) is 0 Å². The van der Waals surface area contributed by atoms with Crippen LogP contribution in [-0.4, -0.2) is 24.3 Å². The molecule has 0 amide bonds. The zero-order valence-electron chi connectivity index (χ0n) is 26.5. The molecule has 0 unspecified atom stereocenters. The number of benzene rings is 5. The van der Waals surface area contributed by atoms with Gasteiger partial charge in [0.25, 0.3) is 0 Å². The van der Waals surface area contributed by atoms with Crippen molar-refractivity contribution in [2.45, 2.75) is 0 Å². The average molecular weight is 628 g/mol. The highest BCUT2D eigenvalue weighted by Gasteiger charge is 2.18. The van der Waals surface area contributed by atoms with Crippen molar-refractivity contribution in [1.82, 2.24) is 24.3 Å². The summed E-state index contributed by atoms with van der Waals surface area (Å²) >= 11 is 0. The molecule has 0 saturated carbocycles. The maximum Gasteiger partial charge on any atom is 0.160 e. The van der Waals surface area contributed by atoms with Crippen LogP contribution in [0.15, 0.2) is 176 Å². The van der Waals surface area contributed by atoms with Gasteiger partial charge in [0.2, 0.25) is 0 Å². The number of imidazole rings is 1. The van der Waals surface area contributed by atoms with Gasteiger partial charge < -0.3 is 0 Å². The van der Waals surface area contributed by atoms with Crippen LogP contribution in [0.3, 0.4) is 0 Å². The number of hydrogen-bond donors (Lipinski definition) is 0. The van der Waals surface area contributed by atoms with E-state index in [1.54, 1.807) is 0 Å². The average Bonchev–Trinajstić information content (AvgIpc) is 3.59. The lowest BCUT2D eigenvalue weighted by Crippen LogP contribution is -1.96. The van der Waals surface area contributed by atoms with E-state index < -0.39 is 0 Å². The fourth-order valence-electron chi connectivity index (χ4n) is 6.44. The molecule has 0 aliphatic carbocycles. The molecule has 0 bridgehead atoms. The summed E-state index contributed by atoms with van der Waals surface area (Å²) in [5, 5.41) is 1.07. The highest BCUT2D eigenvalue weighted by Crippen LogP contribution is 2.35. The molecule has 5 aromatic carbocycles. The topological polar surface area (TPSA) is 56.0 Å². The first kappa shape index (κ1) is 28.5. The molecule has 0 aliphatic rings. The molecule has 0 saturated heterocycles. The predicted molar refractivity (Wildman–Crippen MR) is 199 cm³/mol. The van der Waals surface area contributed by atoms with Crippen LogP contribution in [0, 0.1) is 0 Å². The minimum Gasteiger partial charge on any atom is -0.276 e. The quantitative estimate of drug-likeness (QED) is 0.184. The zero-order chi connectivity index (χ0) is 32.6. The largest absolute Gasteiger partial charge is 0.276 e. The fourth-order valence-corrected chi connectivity index (χ4v) is 6.44. The highest BCUT2D eigenvalue weighted by atomic mass is 15.1. The summed E-state index contributed by atoms with van der Waals surface area (Å²) < 4.78 is 2.18. The summed E-state index contributed by atoms with van der Waals surface area (Å²) in [5.41, 5.74) is 12.0. The molecule has 0 atom stereocenters. The third-order valence-corrected chi connectivity index (χ3v) is 8.87. The van der Waals surface area contributed by atoms with Crippen LogP contribution in [0.2, 0.25) is 0 Å². The molecule has 4 heterocycles. The molecule has 0 radical (unpaired) electrons. The first-order valence-corrected chi connectivity index (χ1v) is 16.3. The second-order valence-electron chi connectivity index (χ2n) is 12.0. The second-order valence-corrected chi connectivity index (χ2v) is 12.0. The molecule has 0 N–H and O–H groups in total. The van der Waals surface area contributed by atoms with Crippen LogP contribution in [0.5, 0.6) is 0 Å². The van der Waals surface area contributed by atoms with Crippen molar-refractivity contribution in [3.63, 3.8) is 0 Å². The molecule has 9 aromatic rings. The van der Waals surface area contributed by atoms with E-state index in [-0.39, 0.29) is 0 Å². The summed E-state index contributed by atoms with van der Waals surface area (Å²) in [6.07, 6.45) is 1.84. The number of nitrogens with zero attached hydrogens (tertiary/aromatic N) is 5. The zero-order valence-corrected chi connectivity index (χ0v) is 26.5. The lowest BCUT2D eigenvalue weighted by Gasteiger charge is -2.10. The van der Waals surface area contributed by atoms with Crippen LogP contribution < -0.4 is 0 Å². The molecule has 5 heteroatoms.